The van der Waals surface area contributed by atoms with Crippen molar-refractivity contribution >= 4 is 34.8 Å². The van der Waals surface area contributed by atoms with Gasteiger partial charge in [0.25, 0.3) is 0 Å². The molecular formula is C46H49N9O6. The molecule has 1 aliphatic carbocycles. The lowest BCUT2D eigenvalue weighted by atomic mass is 9.79. The average molecular weight is 824 g/mol. The van der Waals surface area contributed by atoms with Crippen LogP contribution in [0.3, 0.4) is 0 Å². The molecule has 0 bridgehead atoms. The molecule has 0 spiro atoms. The van der Waals surface area contributed by atoms with E-state index in [1.807, 2.05) is 62.5 Å². The number of rotatable bonds is 9. The van der Waals surface area contributed by atoms with Crippen molar-refractivity contribution in [2.24, 2.45) is 5.92 Å². The Morgan fingerprint density at radius 3 is 2.34 bits per heavy atom. The second-order valence-corrected chi connectivity index (χ2v) is 16.6. The van der Waals surface area contributed by atoms with Crippen LogP contribution in [0.15, 0.2) is 79.3 Å². The molecule has 314 valence electrons. The van der Waals surface area contributed by atoms with Gasteiger partial charge in [0.15, 0.2) is 0 Å². The summed E-state index contributed by atoms with van der Waals surface area (Å²) in [5.74, 6) is 0.739. The van der Waals surface area contributed by atoms with Crippen LogP contribution in [-0.4, -0.2) is 91.1 Å². The molecule has 4 aromatic heterocycles. The van der Waals surface area contributed by atoms with Crippen molar-refractivity contribution < 1.29 is 28.7 Å². The molecule has 15 nitrogen and oxygen atoms in total. The van der Waals surface area contributed by atoms with Gasteiger partial charge in [-0.15, -0.1) is 0 Å². The Balaban J connectivity index is 0.878. The maximum atomic E-state index is 13.8. The third-order valence-corrected chi connectivity index (χ3v) is 12.5. The maximum absolute atomic E-state index is 13.8. The first-order valence-electron chi connectivity index (χ1n) is 20.9. The van der Waals surface area contributed by atoms with Crippen molar-refractivity contribution in [3.63, 3.8) is 0 Å². The lowest BCUT2D eigenvalue weighted by Crippen LogP contribution is -2.51. The summed E-state index contributed by atoms with van der Waals surface area (Å²) in [6.45, 7) is 5.00. The number of nitrogens with one attached hydrogen (secondary N) is 4. The molecule has 3 aliphatic rings. The molecule has 3 amide bonds. The predicted octanol–water partition coefficient (Wildman–Crippen LogP) is 7.04. The van der Waals surface area contributed by atoms with Crippen molar-refractivity contribution in [3.8, 4) is 33.8 Å². The molecule has 0 saturated carbocycles. The molecule has 61 heavy (non-hydrogen) atoms. The number of ketones is 1. The number of alkyl carbamates (subject to hydrolysis) is 2. The number of likely N-dealkylation sites (tertiary alicyclic amines) is 1. The Hall–Kier alpha value is -6.77. The van der Waals surface area contributed by atoms with E-state index in [-0.39, 0.29) is 35.6 Å². The minimum Gasteiger partial charge on any atom is -0.453 e. The number of carbonyl (C=O) groups is 4. The second-order valence-electron chi connectivity index (χ2n) is 16.6. The van der Waals surface area contributed by atoms with Gasteiger partial charge in [-0.2, -0.15) is 0 Å². The zero-order valence-corrected chi connectivity index (χ0v) is 34.6. The van der Waals surface area contributed by atoms with E-state index in [1.54, 1.807) is 11.1 Å². The van der Waals surface area contributed by atoms with Gasteiger partial charge in [0, 0.05) is 59.9 Å². The number of benzene rings is 2. The highest BCUT2D eigenvalue weighted by atomic mass is 16.5. The number of hydrogen-bond donors (Lipinski definition) is 4. The summed E-state index contributed by atoms with van der Waals surface area (Å²) >= 11 is 0. The van der Waals surface area contributed by atoms with Crippen LogP contribution < -0.4 is 10.6 Å². The third-order valence-electron chi connectivity index (χ3n) is 12.5. The molecule has 2 aliphatic heterocycles. The number of pyridine rings is 1. The predicted molar refractivity (Wildman–Crippen MR) is 227 cm³/mol. The van der Waals surface area contributed by atoms with Crippen molar-refractivity contribution in [2.45, 2.75) is 82.5 Å². The zero-order chi connectivity index (χ0) is 42.4. The molecule has 4 N–H and O–H groups in total. The summed E-state index contributed by atoms with van der Waals surface area (Å²) in [6, 6.07) is 19.3. The molecule has 6 heterocycles. The minimum atomic E-state index is -0.693. The Labute approximate surface area is 352 Å². The molecule has 1 unspecified atom stereocenters. The third kappa shape index (κ3) is 7.64. The quantitative estimate of drug-likeness (QED) is 0.119. The van der Waals surface area contributed by atoms with Gasteiger partial charge < -0.3 is 39.5 Å². The number of ether oxygens (including phenoxy) is 2. The number of aromatic amines is 2. The monoisotopic (exact) mass is 823 g/mol. The number of fused-ring (bicyclic) bond motifs is 1. The van der Waals surface area contributed by atoms with Crippen LogP contribution in [0, 0.1) is 5.92 Å². The van der Waals surface area contributed by atoms with Gasteiger partial charge >= 0.3 is 12.2 Å². The van der Waals surface area contributed by atoms with Gasteiger partial charge in [-0.1, -0.05) is 50.2 Å². The Bertz CT molecular complexity index is 2630. The van der Waals surface area contributed by atoms with E-state index >= 15 is 0 Å². The number of aromatic nitrogens is 6. The standard InChI is InChI=1S/C46H49N9O6/c1-25(2)40(53-46(59)61-4)44(57)55-18-5-6-37(55)43-48-22-35(51-43)27-9-7-26(8-10-27)32-14-12-29-20-30(13-15-33(29)49-32)36-23-47-42(50-36)31-21-38(56)39-34(52-45(58)60-3)16-11-28-17-19-54(24-31)41(28)39/h7-10,12-15,17,19-20,22-23,25,31,34,37,39-40H,5-6,11,16,18,21,24H2,1-4H3,(H,47,50)(H,48,51)(H,52,58)(H,53,59)/t31-,34-,37-,39?,40-/m0/s1. The van der Waals surface area contributed by atoms with Crippen LogP contribution in [0.1, 0.15) is 80.3 Å². The van der Waals surface area contributed by atoms with Gasteiger partial charge in [-0.25, -0.2) is 24.5 Å². The smallest absolute Gasteiger partial charge is 0.407 e. The summed E-state index contributed by atoms with van der Waals surface area (Å²) in [6.07, 6.45) is 7.93. The summed E-state index contributed by atoms with van der Waals surface area (Å²) in [5.41, 5.74) is 8.46. The van der Waals surface area contributed by atoms with Crippen LogP contribution in [0.25, 0.3) is 44.7 Å². The van der Waals surface area contributed by atoms with Crippen LogP contribution >= 0.6 is 0 Å². The fourth-order valence-electron chi connectivity index (χ4n) is 9.36. The number of Topliss-reactive ketones (excluding diaryl/α,β-unsaturated/α-hetero) is 1. The van der Waals surface area contributed by atoms with Gasteiger partial charge in [0.05, 0.1) is 61.2 Å². The molecular weight excluding hydrogens is 775 g/mol. The number of hydrogen-bond acceptors (Lipinski definition) is 9. The van der Waals surface area contributed by atoms with E-state index in [1.165, 1.54) is 14.2 Å². The second kappa shape index (κ2) is 16.4. The molecule has 1 fully saturated rings. The molecule has 1 saturated heterocycles. The number of methoxy groups -OCH3 is 2. The summed E-state index contributed by atoms with van der Waals surface area (Å²) in [4.78, 5) is 74.8. The number of carbonyl (C=O) groups excluding carboxylic acids is 4. The zero-order valence-electron chi connectivity index (χ0n) is 34.6. The molecule has 15 heteroatoms. The van der Waals surface area contributed by atoms with Crippen molar-refractivity contribution in [1.82, 2.24) is 45.0 Å². The topological polar surface area (TPSA) is 189 Å². The van der Waals surface area contributed by atoms with E-state index in [0.29, 0.717) is 25.9 Å². The number of aryl methyl sites for hydroxylation is 1. The van der Waals surface area contributed by atoms with E-state index in [4.69, 9.17) is 19.4 Å². The fourth-order valence-corrected chi connectivity index (χ4v) is 9.36. The Morgan fingerprint density at radius 2 is 1.57 bits per heavy atom. The average Bonchev–Trinajstić information content (AvgIpc) is 4.11. The highest BCUT2D eigenvalue weighted by molar-refractivity contribution is 5.89. The highest BCUT2D eigenvalue weighted by Gasteiger charge is 2.42. The van der Waals surface area contributed by atoms with Crippen LogP contribution in [-0.2, 0) is 32.0 Å². The molecule has 5 atom stereocenters. The Morgan fingerprint density at radius 1 is 0.852 bits per heavy atom. The first-order chi connectivity index (χ1) is 29.6. The van der Waals surface area contributed by atoms with Crippen molar-refractivity contribution in [3.05, 3.63) is 102 Å². The van der Waals surface area contributed by atoms with Crippen molar-refractivity contribution in [2.75, 3.05) is 20.8 Å². The van der Waals surface area contributed by atoms with E-state index in [9.17, 15) is 19.2 Å². The summed E-state index contributed by atoms with van der Waals surface area (Å²) < 4.78 is 11.8. The van der Waals surface area contributed by atoms with E-state index in [2.05, 4.69) is 54.5 Å². The summed E-state index contributed by atoms with van der Waals surface area (Å²) in [5, 5.41) is 6.59. The van der Waals surface area contributed by atoms with Crippen LogP contribution in [0.4, 0.5) is 9.59 Å². The lowest BCUT2D eigenvalue weighted by molar-refractivity contribution is -0.135. The summed E-state index contributed by atoms with van der Waals surface area (Å²) in [7, 11) is 2.63. The molecule has 2 aromatic carbocycles. The SMILES string of the molecule is COC(=O)N[C@H]1CCc2ccn3c2C1C(=O)C[C@H](c1ncc(-c2ccc4nc(-c5ccc(-c6cnc([C@@H]7CCCN7C(=O)[C@@H](NC(=O)OC)C(C)C)[nH]6)cc5)ccc4c2)[nH]1)C3. The fraction of sp³-hybridized carbons (Fsp3) is 0.370. The van der Waals surface area contributed by atoms with Crippen LogP contribution in [0.5, 0.6) is 0 Å². The van der Waals surface area contributed by atoms with E-state index in [0.717, 1.165) is 86.8 Å². The normalized spacial score (nSPS) is 20.3. The van der Waals surface area contributed by atoms with Gasteiger partial charge in [0.1, 0.15) is 23.5 Å². The molecule has 0 radical (unpaired) electrons. The first kappa shape index (κ1) is 39.7. The minimum absolute atomic E-state index is 0.0919. The number of amides is 3. The number of nitrogens with zero attached hydrogens (tertiary/aromatic N) is 5. The number of imidazole rings is 2. The first-order valence-corrected chi connectivity index (χ1v) is 20.9. The van der Waals surface area contributed by atoms with Crippen molar-refractivity contribution in [1.29, 1.82) is 0 Å². The van der Waals surface area contributed by atoms with E-state index < -0.39 is 24.1 Å². The lowest BCUT2D eigenvalue weighted by Gasteiger charge is -2.31. The molecule has 9 rings (SSSR count). The largest absolute Gasteiger partial charge is 0.453 e. The molecule has 6 aromatic rings. The number of H-pyrrole nitrogens is 2. The van der Waals surface area contributed by atoms with Gasteiger partial charge in [0.2, 0.25) is 5.91 Å². The maximum Gasteiger partial charge on any atom is 0.407 e. The van der Waals surface area contributed by atoms with Gasteiger partial charge in [-0.3, -0.25) is 9.59 Å². The van der Waals surface area contributed by atoms with Crippen LogP contribution in [0.2, 0.25) is 0 Å². The van der Waals surface area contributed by atoms with Gasteiger partial charge in [-0.05, 0) is 67.0 Å². The highest BCUT2D eigenvalue weighted by Crippen LogP contribution is 2.40. The Kier molecular flexibility index (Phi) is 10.6.